The highest BCUT2D eigenvalue weighted by molar-refractivity contribution is 9.10. The van der Waals surface area contributed by atoms with E-state index < -0.39 is 23.3 Å². The van der Waals surface area contributed by atoms with Crippen LogP contribution in [-0.2, 0) is 11.3 Å². The summed E-state index contributed by atoms with van der Waals surface area (Å²) in [5.74, 6) is -0.654. The summed E-state index contributed by atoms with van der Waals surface area (Å²) in [7, 11) is 0. The lowest BCUT2D eigenvalue weighted by Gasteiger charge is -2.12. The molecule has 7 heteroatoms. The van der Waals surface area contributed by atoms with Gasteiger partial charge in [-0.1, -0.05) is 12.1 Å². The second-order valence-corrected chi connectivity index (χ2v) is 4.64. The van der Waals surface area contributed by atoms with E-state index >= 15 is 0 Å². The fraction of sp³-hybridized carbons (Fsp3) is 0.333. The van der Waals surface area contributed by atoms with Crippen LogP contribution in [0.25, 0.3) is 0 Å². The number of rotatable bonds is 5. The van der Waals surface area contributed by atoms with Gasteiger partial charge >= 0.3 is 0 Å². The maximum atomic E-state index is 13.5. The van der Waals surface area contributed by atoms with E-state index in [1.165, 1.54) is 18.2 Å². The smallest absolute Gasteiger partial charge is 0.143 e. The van der Waals surface area contributed by atoms with Crippen molar-refractivity contribution in [2.45, 2.75) is 12.6 Å². The van der Waals surface area contributed by atoms with Crippen molar-refractivity contribution in [1.82, 2.24) is 4.72 Å². The first kappa shape index (κ1) is 13.7. The van der Waals surface area contributed by atoms with E-state index in [4.69, 9.17) is 0 Å². The number of hydrogen-bond donors (Lipinski definition) is 1. The predicted octanol–water partition coefficient (Wildman–Crippen LogP) is 2.37. The highest BCUT2D eigenvalue weighted by atomic mass is 79.9. The average molecular weight is 313 g/mol. The number of benzene rings is 1. The Hall–Kier alpha value is -0.370. The highest BCUT2D eigenvalue weighted by Gasteiger charge is 2.15. The van der Waals surface area contributed by atoms with E-state index in [1.54, 1.807) is 0 Å². The molecule has 0 aromatic heterocycles. The van der Waals surface area contributed by atoms with Crippen molar-refractivity contribution in [2.75, 3.05) is 6.54 Å². The van der Waals surface area contributed by atoms with Gasteiger partial charge in [0.25, 0.3) is 0 Å². The van der Waals surface area contributed by atoms with E-state index in [2.05, 4.69) is 15.9 Å². The molecule has 0 amide bonds. The maximum Gasteiger partial charge on any atom is 0.143 e. The molecule has 0 fully saturated rings. The van der Waals surface area contributed by atoms with Crippen LogP contribution in [0.3, 0.4) is 0 Å². The minimum atomic E-state index is -2.42. The van der Waals surface area contributed by atoms with Crippen molar-refractivity contribution in [3.8, 4) is 0 Å². The first-order valence-electron chi connectivity index (χ1n) is 4.43. The molecule has 2 atom stereocenters. The van der Waals surface area contributed by atoms with Gasteiger partial charge in [0, 0.05) is 23.4 Å². The van der Waals surface area contributed by atoms with Crippen LogP contribution >= 0.6 is 15.9 Å². The fourth-order valence-corrected chi connectivity index (χ4v) is 1.85. The van der Waals surface area contributed by atoms with E-state index in [1.807, 2.05) is 4.72 Å². The van der Waals surface area contributed by atoms with Crippen molar-refractivity contribution in [3.05, 3.63) is 34.1 Å². The van der Waals surface area contributed by atoms with E-state index in [9.17, 15) is 17.5 Å². The topological polar surface area (TPSA) is 52.2 Å². The van der Waals surface area contributed by atoms with Crippen LogP contribution in [0, 0.1) is 5.82 Å². The third-order valence-corrected chi connectivity index (χ3v) is 2.99. The summed E-state index contributed by atoms with van der Waals surface area (Å²) in [6.45, 7) is -0.0662. The van der Waals surface area contributed by atoms with Crippen LogP contribution in [0.4, 0.5) is 8.78 Å². The van der Waals surface area contributed by atoms with Gasteiger partial charge in [-0.3, -0.25) is 4.21 Å². The molecule has 0 aliphatic rings. The Labute approximate surface area is 103 Å². The van der Waals surface area contributed by atoms with Crippen molar-refractivity contribution in [1.29, 1.82) is 0 Å². The first-order valence-corrected chi connectivity index (χ1v) is 6.30. The lowest BCUT2D eigenvalue weighted by Crippen LogP contribution is -2.19. The molecule has 0 heterocycles. The third kappa shape index (κ3) is 3.89. The second kappa shape index (κ2) is 6.39. The van der Waals surface area contributed by atoms with Gasteiger partial charge < -0.3 is 4.55 Å². The predicted molar refractivity (Wildman–Crippen MR) is 59.5 cm³/mol. The summed E-state index contributed by atoms with van der Waals surface area (Å²) >= 11 is 0.532. The fourth-order valence-electron chi connectivity index (χ4n) is 1.19. The molecule has 0 saturated carbocycles. The summed E-state index contributed by atoms with van der Waals surface area (Å²) in [6, 6.07) is 4.32. The number of alkyl halides is 1. The van der Waals surface area contributed by atoms with Gasteiger partial charge in [-0.2, -0.15) is 0 Å². The Balaban J connectivity index is 2.62. The zero-order chi connectivity index (χ0) is 12.1. The van der Waals surface area contributed by atoms with Crippen LogP contribution in [-0.4, -0.2) is 15.3 Å². The summed E-state index contributed by atoms with van der Waals surface area (Å²) in [5.41, 5.74) is -0.0761. The molecule has 0 saturated heterocycles. The van der Waals surface area contributed by atoms with Crippen LogP contribution in [0.15, 0.2) is 22.7 Å². The molecule has 1 aromatic carbocycles. The standard InChI is InChI=1S/C9H10BrF2NO2S/c10-7-3-1-2-6(9(7)12)8(11)4-5-13-16(14)15/h1-3,8,13H,4-5H2,(H,14,15)/p-1. The molecule has 2 unspecified atom stereocenters. The zero-order valence-corrected chi connectivity index (χ0v) is 10.5. The summed E-state index contributed by atoms with van der Waals surface area (Å²) in [6.07, 6.45) is -1.64. The molecule has 1 rings (SSSR count). The molecule has 3 nitrogen and oxygen atoms in total. The molecule has 0 spiro atoms. The molecule has 1 aromatic rings. The summed E-state index contributed by atoms with van der Waals surface area (Å²) in [4.78, 5) is 0. The van der Waals surface area contributed by atoms with Crippen molar-refractivity contribution >= 4 is 27.2 Å². The zero-order valence-electron chi connectivity index (χ0n) is 8.08. The Morgan fingerprint density at radius 3 is 2.88 bits per heavy atom. The average Bonchev–Trinajstić information content (AvgIpc) is 2.21. The number of nitrogens with one attached hydrogen (secondary N) is 1. The van der Waals surface area contributed by atoms with E-state index in [0.29, 0.717) is 0 Å². The number of halogens is 3. The monoisotopic (exact) mass is 312 g/mol. The summed E-state index contributed by atoms with van der Waals surface area (Å²) in [5, 5.41) is 0. The Morgan fingerprint density at radius 2 is 2.25 bits per heavy atom. The second-order valence-electron chi connectivity index (χ2n) is 3.03. The molecule has 0 radical (unpaired) electrons. The normalized spacial score (nSPS) is 14.8. The lowest BCUT2D eigenvalue weighted by atomic mass is 10.1. The van der Waals surface area contributed by atoms with Crippen molar-refractivity contribution in [2.24, 2.45) is 0 Å². The third-order valence-electron chi connectivity index (χ3n) is 1.94. The van der Waals surface area contributed by atoms with Gasteiger partial charge in [-0.25, -0.2) is 13.5 Å². The minimum Gasteiger partial charge on any atom is -0.760 e. The van der Waals surface area contributed by atoms with Gasteiger partial charge in [0.1, 0.15) is 12.0 Å². The quantitative estimate of drug-likeness (QED) is 0.849. The van der Waals surface area contributed by atoms with E-state index in [-0.39, 0.29) is 23.0 Å². The van der Waals surface area contributed by atoms with Gasteiger partial charge in [-0.05, 0) is 28.4 Å². The Bertz CT molecular complexity index is 392. The largest absolute Gasteiger partial charge is 0.760 e. The van der Waals surface area contributed by atoms with Crippen LogP contribution in [0.5, 0.6) is 0 Å². The van der Waals surface area contributed by atoms with E-state index in [0.717, 1.165) is 0 Å². The van der Waals surface area contributed by atoms with Gasteiger partial charge in [0.15, 0.2) is 0 Å². The first-order chi connectivity index (χ1) is 7.52. The SMILES string of the molecule is O=S([O-])NCCC(F)c1cccc(Br)c1F. The summed E-state index contributed by atoms with van der Waals surface area (Å²) < 4.78 is 49.4. The van der Waals surface area contributed by atoms with Crippen LogP contribution in [0.1, 0.15) is 18.2 Å². The van der Waals surface area contributed by atoms with Crippen LogP contribution in [0.2, 0.25) is 0 Å². The Kier molecular flexibility index (Phi) is 5.47. The number of hydrogen-bond acceptors (Lipinski definition) is 2. The van der Waals surface area contributed by atoms with Gasteiger partial charge in [0.05, 0.1) is 4.47 Å². The molecular weight excluding hydrogens is 304 g/mol. The molecule has 1 N–H and O–H groups in total. The molecular formula is C9H9BrF2NO2S-. The maximum absolute atomic E-state index is 13.5. The molecule has 0 bridgehead atoms. The van der Waals surface area contributed by atoms with Gasteiger partial charge in [-0.15, -0.1) is 0 Å². The van der Waals surface area contributed by atoms with Crippen molar-refractivity contribution < 1.29 is 17.5 Å². The lowest BCUT2D eigenvalue weighted by molar-refractivity contribution is 0.314. The minimum absolute atomic E-state index is 0.0662. The molecule has 0 aliphatic carbocycles. The molecule has 90 valence electrons. The molecule has 16 heavy (non-hydrogen) atoms. The van der Waals surface area contributed by atoms with Crippen LogP contribution < -0.4 is 4.72 Å². The van der Waals surface area contributed by atoms with Gasteiger partial charge in [0.2, 0.25) is 0 Å². The highest BCUT2D eigenvalue weighted by Crippen LogP contribution is 2.27. The van der Waals surface area contributed by atoms with Crippen molar-refractivity contribution in [3.63, 3.8) is 0 Å². The molecule has 0 aliphatic heterocycles. The Morgan fingerprint density at radius 1 is 1.56 bits per heavy atom.